The quantitative estimate of drug-likeness (QED) is 0.894. The van der Waals surface area contributed by atoms with Crippen LogP contribution < -0.4 is 10.1 Å². The summed E-state index contributed by atoms with van der Waals surface area (Å²) in [6, 6.07) is 7.72. The standard InChI is InChI=1S/C15H21BrN2O2/c1-18(15(19)12-6-8-17-9-7-12)10-11-20-14-4-2-13(16)3-5-14/h2-5,12,17H,6-11H2,1H3. The molecule has 110 valence electrons. The first-order valence-electron chi connectivity index (χ1n) is 7.01. The van der Waals surface area contributed by atoms with E-state index in [1.54, 1.807) is 4.90 Å². The Labute approximate surface area is 128 Å². The second-order valence-corrected chi connectivity index (χ2v) is 6.00. The molecule has 1 heterocycles. The molecule has 0 aliphatic carbocycles. The zero-order valence-electron chi connectivity index (χ0n) is 11.8. The lowest BCUT2D eigenvalue weighted by Gasteiger charge is -2.26. The largest absolute Gasteiger partial charge is 0.492 e. The lowest BCUT2D eigenvalue weighted by Crippen LogP contribution is -2.40. The van der Waals surface area contributed by atoms with E-state index < -0.39 is 0 Å². The summed E-state index contributed by atoms with van der Waals surface area (Å²) in [6.45, 7) is 3.03. The Bertz CT molecular complexity index is 430. The van der Waals surface area contributed by atoms with Crippen molar-refractivity contribution in [1.82, 2.24) is 10.2 Å². The van der Waals surface area contributed by atoms with Crippen LogP contribution in [0.3, 0.4) is 0 Å². The second-order valence-electron chi connectivity index (χ2n) is 5.09. The summed E-state index contributed by atoms with van der Waals surface area (Å²) in [7, 11) is 1.86. The first kappa shape index (κ1) is 15.3. The van der Waals surface area contributed by atoms with E-state index >= 15 is 0 Å². The zero-order chi connectivity index (χ0) is 14.4. The summed E-state index contributed by atoms with van der Waals surface area (Å²) < 4.78 is 6.67. The molecule has 0 unspecified atom stereocenters. The van der Waals surface area contributed by atoms with Gasteiger partial charge in [0.2, 0.25) is 5.91 Å². The molecule has 4 nitrogen and oxygen atoms in total. The van der Waals surface area contributed by atoms with Crippen molar-refractivity contribution in [3.8, 4) is 5.75 Å². The fourth-order valence-electron chi connectivity index (χ4n) is 2.32. The first-order chi connectivity index (χ1) is 9.66. The van der Waals surface area contributed by atoms with Crippen LogP contribution in [-0.2, 0) is 4.79 Å². The van der Waals surface area contributed by atoms with Crippen LogP contribution in [0, 0.1) is 5.92 Å². The van der Waals surface area contributed by atoms with Crippen LogP contribution in [0.25, 0.3) is 0 Å². The number of hydrogen-bond donors (Lipinski definition) is 1. The average Bonchev–Trinajstić information content (AvgIpc) is 2.49. The minimum atomic E-state index is 0.175. The molecule has 0 spiro atoms. The van der Waals surface area contributed by atoms with Crippen molar-refractivity contribution in [2.45, 2.75) is 12.8 Å². The van der Waals surface area contributed by atoms with E-state index in [0.29, 0.717) is 13.2 Å². The summed E-state index contributed by atoms with van der Waals surface area (Å²) in [4.78, 5) is 14.0. The number of benzene rings is 1. The molecule has 0 saturated carbocycles. The van der Waals surface area contributed by atoms with Crippen molar-refractivity contribution in [3.05, 3.63) is 28.7 Å². The third-order valence-corrected chi connectivity index (χ3v) is 4.10. The molecule has 20 heavy (non-hydrogen) atoms. The topological polar surface area (TPSA) is 41.6 Å². The minimum Gasteiger partial charge on any atom is -0.492 e. The van der Waals surface area contributed by atoms with E-state index in [9.17, 15) is 4.79 Å². The van der Waals surface area contributed by atoms with Crippen molar-refractivity contribution < 1.29 is 9.53 Å². The van der Waals surface area contributed by atoms with Crippen molar-refractivity contribution >= 4 is 21.8 Å². The zero-order valence-corrected chi connectivity index (χ0v) is 13.4. The van der Waals surface area contributed by atoms with Gasteiger partial charge in [-0.2, -0.15) is 0 Å². The predicted octanol–water partition coefficient (Wildman–Crippen LogP) is 2.29. The van der Waals surface area contributed by atoms with Crippen LogP contribution in [0.2, 0.25) is 0 Å². The number of hydrogen-bond acceptors (Lipinski definition) is 3. The van der Waals surface area contributed by atoms with E-state index in [4.69, 9.17) is 4.74 Å². The first-order valence-corrected chi connectivity index (χ1v) is 7.80. The number of rotatable bonds is 5. The maximum absolute atomic E-state index is 12.2. The lowest BCUT2D eigenvalue weighted by atomic mass is 9.97. The predicted molar refractivity (Wildman–Crippen MR) is 82.9 cm³/mol. The van der Waals surface area contributed by atoms with Gasteiger partial charge in [0.25, 0.3) is 0 Å². The van der Waals surface area contributed by atoms with E-state index in [1.165, 1.54) is 0 Å². The van der Waals surface area contributed by atoms with Gasteiger partial charge >= 0.3 is 0 Å². The number of amides is 1. The molecule has 1 amide bonds. The summed E-state index contributed by atoms with van der Waals surface area (Å²) in [5, 5.41) is 3.28. The molecule has 1 aliphatic heterocycles. The van der Waals surface area contributed by atoms with Crippen LogP contribution in [0.1, 0.15) is 12.8 Å². The number of carbonyl (C=O) groups excluding carboxylic acids is 1. The monoisotopic (exact) mass is 340 g/mol. The van der Waals surface area contributed by atoms with Crippen molar-refractivity contribution in [2.75, 3.05) is 33.3 Å². The third-order valence-electron chi connectivity index (χ3n) is 3.57. The molecular formula is C15H21BrN2O2. The maximum Gasteiger partial charge on any atom is 0.225 e. The number of ether oxygens (including phenoxy) is 1. The molecule has 1 aliphatic rings. The van der Waals surface area contributed by atoms with Gasteiger partial charge in [0.15, 0.2) is 0 Å². The van der Waals surface area contributed by atoms with Gasteiger partial charge in [0.05, 0.1) is 6.54 Å². The number of piperidine rings is 1. The third kappa shape index (κ3) is 4.49. The van der Waals surface area contributed by atoms with Crippen LogP contribution in [0.4, 0.5) is 0 Å². The Balaban J connectivity index is 1.72. The van der Waals surface area contributed by atoms with Crippen LogP contribution in [0.15, 0.2) is 28.7 Å². The van der Waals surface area contributed by atoms with Gasteiger partial charge in [-0.1, -0.05) is 15.9 Å². The number of carbonyl (C=O) groups is 1. The van der Waals surface area contributed by atoms with Gasteiger partial charge in [-0.05, 0) is 50.2 Å². The van der Waals surface area contributed by atoms with Crippen molar-refractivity contribution in [3.63, 3.8) is 0 Å². The maximum atomic E-state index is 12.2. The fraction of sp³-hybridized carbons (Fsp3) is 0.533. The van der Waals surface area contributed by atoms with Gasteiger partial charge in [0, 0.05) is 17.4 Å². The van der Waals surface area contributed by atoms with Gasteiger partial charge in [-0.15, -0.1) is 0 Å². The molecule has 1 aromatic carbocycles. The molecule has 0 radical (unpaired) electrons. The van der Waals surface area contributed by atoms with E-state index in [-0.39, 0.29) is 11.8 Å². The summed E-state index contributed by atoms with van der Waals surface area (Å²) >= 11 is 3.39. The Morgan fingerprint density at radius 1 is 1.35 bits per heavy atom. The second kappa shape index (κ2) is 7.64. The van der Waals surface area contributed by atoms with Crippen LogP contribution >= 0.6 is 15.9 Å². The Kier molecular flexibility index (Phi) is 5.86. The molecule has 1 saturated heterocycles. The summed E-state index contributed by atoms with van der Waals surface area (Å²) in [6.07, 6.45) is 1.88. The normalized spacial score (nSPS) is 15.9. The minimum absolute atomic E-state index is 0.175. The molecule has 5 heteroatoms. The SMILES string of the molecule is CN(CCOc1ccc(Br)cc1)C(=O)C1CCNCC1. The number of nitrogens with zero attached hydrogens (tertiary/aromatic N) is 1. The smallest absolute Gasteiger partial charge is 0.225 e. The Morgan fingerprint density at radius 2 is 2.00 bits per heavy atom. The van der Waals surface area contributed by atoms with Gasteiger partial charge in [-0.3, -0.25) is 4.79 Å². The van der Waals surface area contributed by atoms with Crippen molar-refractivity contribution in [2.24, 2.45) is 5.92 Å². The van der Waals surface area contributed by atoms with E-state index in [0.717, 1.165) is 36.2 Å². The molecule has 1 aromatic rings. The molecule has 1 fully saturated rings. The van der Waals surface area contributed by atoms with Crippen LogP contribution in [-0.4, -0.2) is 44.1 Å². The number of halogens is 1. The Hall–Kier alpha value is -1.07. The molecule has 1 N–H and O–H groups in total. The highest BCUT2D eigenvalue weighted by molar-refractivity contribution is 9.10. The van der Waals surface area contributed by atoms with Gasteiger partial charge < -0.3 is 15.0 Å². The summed E-state index contributed by atoms with van der Waals surface area (Å²) in [5.41, 5.74) is 0. The van der Waals surface area contributed by atoms with Crippen molar-refractivity contribution in [1.29, 1.82) is 0 Å². The molecular weight excluding hydrogens is 320 g/mol. The van der Waals surface area contributed by atoms with E-state index in [1.807, 2.05) is 31.3 Å². The summed E-state index contributed by atoms with van der Waals surface area (Å²) in [5.74, 6) is 1.25. The number of likely N-dealkylation sites (N-methyl/N-ethyl adjacent to an activating group) is 1. The van der Waals surface area contributed by atoms with Gasteiger partial charge in [-0.25, -0.2) is 0 Å². The molecule has 0 aromatic heterocycles. The molecule has 2 rings (SSSR count). The lowest BCUT2D eigenvalue weighted by molar-refractivity contribution is -0.135. The number of nitrogens with one attached hydrogen (secondary N) is 1. The Morgan fingerprint density at radius 3 is 2.65 bits per heavy atom. The van der Waals surface area contributed by atoms with Crippen LogP contribution in [0.5, 0.6) is 5.75 Å². The molecule has 0 atom stereocenters. The average molecular weight is 341 g/mol. The van der Waals surface area contributed by atoms with Gasteiger partial charge in [0.1, 0.15) is 12.4 Å². The highest BCUT2D eigenvalue weighted by Gasteiger charge is 2.23. The fourth-order valence-corrected chi connectivity index (χ4v) is 2.59. The van der Waals surface area contributed by atoms with E-state index in [2.05, 4.69) is 21.2 Å². The highest BCUT2D eigenvalue weighted by Crippen LogP contribution is 2.17. The highest BCUT2D eigenvalue weighted by atomic mass is 79.9. The molecule has 0 bridgehead atoms.